The molecule has 0 aliphatic rings. The Morgan fingerprint density at radius 2 is 1.64 bits per heavy atom. The lowest BCUT2D eigenvalue weighted by molar-refractivity contribution is -0.384. The van der Waals surface area contributed by atoms with Crippen molar-refractivity contribution in [3.8, 4) is 10.4 Å². The van der Waals surface area contributed by atoms with E-state index in [9.17, 15) is 10.1 Å². The van der Waals surface area contributed by atoms with Crippen LogP contribution in [0, 0.1) is 10.1 Å². The van der Waals surface area contributed by atoms with E-state index in [1.807, 2.05) is 60.8 Å². The Labute approximate surface area is 166 Å². The lowest BCUT2D eigenvalue weighted by atomic mass is 10.2. The van der Waals surface area contributed by atoms with Gasteiger partial charge in [-0.2, -0.15) is 0 Å². The number of nitrogens with zero attached hydrogens (tertiary/aromatic N) is 3. The van der Waals surface area contributed by atoms with Crippen LogP contribution >= 0.6 is 11.3 Å². The minimum Gasteiger partial charge on any atom is -0.319 e. The fourth-order valence-electron chi connectivity index (χ4n) is 2.88. The summed E-state index contributed by atoms with van der Waals surface area (Å²) in [6, 6.07) is 26.6. The van der Waals surface area contributed by atoms with Gasteiger partial charge in [0.1, 0.15) is 0 Å². The molecule has 0 bridgehead atoms. The van der Waals surface area contributed by atoms with Crippen LogP contribution in [0.4, 0.5) is 11.4 Å². The highest BCUT2D eigenvalue weighted by molar-refractivity contribution is 7.12. The number of para-hydroxylation sites is 1. The Balaban J connectivity index is 1.81. The summed E-state index contributed by atoms with van der Waals surface area (Å²) in [7, 11) is 0. The maximum atomic E-state index is 11.1. The van der Waals surface area contributed by atoms with Crippen molar-refractivity contribution in [1.82, 2.24) is 4.57 Å². The number of benzene rings is 3. The Kier molecular flexibility index (Phi) is 5.12. The van der Waals surface area contributed by atoms with Gasteiger partial charge in [0.05, 0.1) is 15.5 Å². The topological polar surface area (TPSA) is 60.4 Å². The first kappa shape index (κ1) is 17.9. The minimum atomic E-state index is -0.371. The summed E-state index contributed by atoms with van der Waals surface area (Å²) >= 11 is 1.52. The van der Waals surface area contributed by atoms with E-state index in [0.717, 1.165) is 20.9 Å². The first-order valence-electron chi connectivity index (χ1n) is 8.78. The molecule has 0 aliphatic heterocycles. The van der Waals surface area contributed by atoms with Crippen molar-refractivity contribution in [2.75, 3.05) is 0 Å². The van der Waals surface area contributed by atoms with Gasteiger partial charge in [0.15, 0.2) is 4.80 Å². The molecule has 0 unspecified atom stereocenters. The number of non-ortho nitro benzene ring substituents is 1. The van der Waals surface area contributed by atoms with Gasteiger partial charge in [0, 0.05) is 30.4 Å². The van der Waals surface area contributed by atoms with Crippen LogP contribution in [-0.4, -0.2) is 9.49 Å². The van der Waals surface area contributed by atoms with Crippen LogP contribution in [0.5, 0.6) is 0 Å². The second-order valence-electron chi connectivity index (χ2n) is 6.25. The van der Waals surface area contributed by atoms with Crippen molar-refractivity contribution >= 4 is 22.7 Å². The van der Waals surface area contributed by atoms with E-state index >= 15 is 0 Å². The fraction of sp³-hybridized carbons (Fsp3) is 0.0455. The van der Waals surface area contributed by atoms with E-state index in [2.05, 4.69) is 16.7 Å². The third-order valence-electron chi connectivity index (χ3n) is 4.24. The molecule has 0 fully saturated rings. The van der Waals surface area contributed by atoms with Crippen LogP contribution in [0.2, 0.25) is 0 Å². The summed E-state index contributed by atoms with van der Waals surface area (Å²) in [6.45, 7) is 0.679. The molecule has 0 saturated heterocycles. The quantitative estimate of drug-likeness (QED) is 0.340. The predicted octanol–water partition coefficient (Wildman–Crippen LogP) is 5.41. The SMILES string of the molecule is O=[N+]([O-])c1cccc(-c2cn(Cc3ccccc3)c(=Nc3ccccc3)s2)c1. The second-order valence-corrected chi connectivity index (χ2v) is 7.26. The molecule has 4 aromatic rings. The first-order valence-corrected chi connectivity index (χ1v) is 9.59. The van der Waals surface area contributed by atoms with Crippen molar-refractivity contribution in [1.29, 1.82) is 0 Å². The van der Waals surface area contributed by atoms with E-state index < -0.39 is 0 Å². The third kappa shape index (κ3) is 4.07. The number of hydrogen-bond donors (Lipinski definition) is 0. The molecule has 1 aromatic heterocycles. The van der Waals surface area contributed by atoms with Gasteiger partial charge >= 0.3 is 0 Å². The molecule has 0 atom stereocenters. The Morgan fingerprint density at radius 3 is 2.36 bits per heavy atom. The molecule has 1 heterocycles. The van der Waals surface area contributed by atoms with Gasteiger partial charge in [-0.05, 0) is 17.7 Å². The highest BCUT2D eigenvalue weighted by Gasteiger charge is 2.11. The van der Waals surface area contributed by atoms with Crippen molar-refractivity contribution < 1.29 is 4.92 Å². The molecule has 4 rings (SSSR count). The molecule has 138 valence electrons. The summed E-state index contributed by atoms with van der Waals surface area (Å²) in [5.41, 5.74) is 2.94. The number of hydrogen-bond acceptors (Lipinski definition) is 4. The van der Waals surface area contributed by atoms with E-state index in [1.165, 1.54) is 23.0 Å². The predicted molar refractivity (Wildman–Crippen MR) is 112 cm³/mol. The molecular weight excluding hydrogens is 370 g/mol. The monoisotopic (exact) mass is 387 g/mol. The third-order valence-corrected chi connectivity index (χ3v) is 5.31. The molecular formula is C22H17N3O2S. The summed E-state index contributed by atoms with van der Waals surface area (Å²) in [6.07, 6.45) is 2.01. The van der Waals surface area contributed by atoms with Crippen molar-refractivity contribution in [3.05, 3.63) is 112 Å². The summed E-state index contributed by atoms with van der Waals surface area (Å²) in [4.78, 5) is 17.3. The zero-order valence-electron chi connectivity index (χ0n) is 14.9. The number of rotatable bonds is 5. The number of nitro benzene ring substituents is 1. The van der Waals surface area contributed by atoms with E-state index in [-0.39, 0.29) is 10.6 Å². The molecule has 0 N–H and O–H groups in total. The van der Waals surface area contributed by atoms with Gasteiger partial charge in [-0.15, -0.1) is 0 Å². The lowest BCUT2D eigenvalue weighted by Gasteiger charge is -2.03. The van der Waals surface area contributed by atoms with Gasteiger partial charge in [-0.3, -0.25) is 10.1 Å². The van der Waals surface area contributed by atoms with Crippen LogP contribution in [0.3, 0.4) is 0 Å². The number of thiazole rings is 1. The lowest BCUT2D eigenvalue weighted by Crippen LogP contribution is -2.14. The minimum absolute atomic E-state index is 0.0852. The zero-order valence-corrected chi connectivity index (χ0v) is 15.8. The largest absolute Gasteiger partial charge is 0.319 e. The van der Waals surface area contributed by atoms with Crippen LogP contribution in [0.1, 0.15) is 5.56 Å². The highest BCUT2D eigenvalue weighted by atomic mass is 32.1. The number of aromatic nitrogens is 1. The molecule has 0 spiro atoms. The first-order chi connectivity index (χ1) is 13.7. The maximum Gasteiger partial charge on any atom is 0.270 e. The second kappa shape index (κ2) is 8.02. The van der Waals surface area contributed by atoms with Gasteiger partial charge in [0.25, 0.3) is 5.69 Å². The molecule has 0 amide bonds. The smallest absolute Gasteiger partial charge is 0.270 e. The summed E-state index contributed by atoms with van der Waals surface area (Å²) in [5, 5.41) is 11.1. The normalized spacial score (nSPS) is 11.5. The van der Waals surface area contributed by atoms with Crippen LogP contribution in [0.15, 0.2) is 96.1 Å². The standard InChI is InChI=1S/C22H17N3O2S/c26-25(27)20-13-7-10-18(14-20)21-16-24(15-17-8-3-1-4-9-17)22(28-21)23-19-11-5-2-6-12-19/h1-14,16H,15H2. The molecule has 0 aliphatic carbocycles. The Morgan fingerprint density at radius 1 is 0.929 bits per heavy atom. The van der Waals surface area contributed by atoms with Crippen molar-refractivity contribution in [2.45, 2.75) is 6.54 Å². The van der Waals surface area contributed by atoms with Crippen LogP contribution < -0.4 is 4.80 Å². The van der Waals surface area contributed by atoms with Crippen molar-refractivity contribution in [3.63, 3.8) is 0 Å². The van der Waals surface area contributed by atoms with Gasteiger partial charge in [-0.1, -0.05) is 72.0 Å². The van der Waals surface area contributed by atoms with Gasteiger partial charge in [-0.25, -0.2) is 4.99 Å². The Bertz CT molecular complexity index is 1170. The molecule has 0 radical (unpaired) electrons. The van der Waals surface area contributed by atoms with E-state index in [1.54, 1.807) is 12.1 Å². The molecule has 3 aromatic carbocycles. The average molecular weight is 387 g/mol. The zero-order chi connectivity index (χ0) is 19.3. The summed E-state index contributed by atoms with van der Waals surface area (Å²) in [5.74, 6) is 0. The molecule has 0 saturated carbocycles. The van der Waals surface area contributed by atoms with Crippen LogP contribution in [0.25, 0.3) is 10.4 Å². The van der Waals surface area contributed by atoms with Gasteiger partial charge < -0.3 is 4.57 Å². The molecule has 6 heteroatoms. The maximum absolute atomic E-state index is 11.1. The number of nitro groups is 1. The Hall–Kier alpha value is -3.51. The van der Waals surface area contributed by atoms with Crippen molar-refractivity contribution in [2.24, 2.45) is 4.99 Å². The fourth-order valence-corrected chi connectivity index (χ4v) is 3.89. The van der Waals surface area contributed by atoms with Crippen LogP contribution in [-0.2, 0) is 6.54 Å². The van der Waals surface area contributed by atoms with E-state index in [4.69, 9.17) is 4.99 Å². The van der Waals surface area contributed by atoms with E-state index in [0.29, 0.717) is 6.54 Å². The molecule has 28 heavy (non-hydrogen) atoms. The highest BCUT2D eigenvalue weighted by Crippen LogP contribution is 2.26. The summed E-state index contributed by atoms with van der Waals surface area (Å²) < 4.78 is 2.08. The average Bonchev–Trinajstić information content (AvgIpc) is 3.12. The van der Waals surface area contributed by atoms with Gasteiger partial charge in [0.2, 0.25) is 0 Å². The molecule has 5 nitrogen and oxygen atoms in total.